The number of halogens is 1. The quantitative estimate of drug-likeness (QED) is 0.524. The van der Waals surface area contributed by atoms with Crippen LogP contribution >= 0.6 is 11.6 Å². The normalized spacial score (nSPS) is 11.3. The van der Waals surface area contributed by atoms with Gasteiger partial charge in [0.05, 0.1) is 5.56 Å². The molecule has 6 nitrogen and oxygen atoms in total. The second-order valence-electron chi connectivity index (χ2n) is 6.91. The first kappa shape index (κ1) is 22.1. The minimum absolute atomic E-state index is 0.215. The maximum Gasteiger partial charge on any atom is 0.339 e. The van der Waals surface area contributed by atoms with E-state index in [-0.39, 0.29) is 11.5 Å². The number of anilines is 2. The predicted octanol–water partition coefficient (Wildman–Crippen LogP) is 5.14. The number of aryl methyl sites for hydroxylation is 1. The van der Waals surface area contributed by atoms with Crippen LogP contribution in [-0.2, 0) is 14.3 Å². The zero-order chi connectivity index (χ0) is 22.4. The summed E-state index contributed by atoms with van der Waals surface area (Å²) in [5.74, 6) is -1.39. The summed E-state index contributed by atoms with van der Waals surface area (Å²) in [4.78, 5) is 36.8. The molecule has 3 aromatic carbocycles. The third kappa shape index (κ3) is 5.93. The first-order chi connectivity index (χ1) is 14.8. The Balaban J connectivity index is 1.80. The van der Waals surface area contributed by atoms with Gasteiger partial charge in [-0.3, -0.25) is 9.59 Å². The first-order valence-electron chi connectivity index (χ1n) is 9.54. The fourth-order valence-electron chi connectivity index (χ4n) is 2.85. The molecule has 0 saturated heterocycles. The molecule has 1 atom stereocenters. The summed E-state index contributed by atoms with van der Waals surface area (Å²) in [7, 11) is 0. The smallest absolute Gasteiger partial charge is 0.339 e. The lowest BCUT2D eigenvalue weighted by Crippen LogP contribution is -2.26. The van der Waals surface area contributed by atoms with E-state index in [2.05, 4.69) is 10.6 Å². The van der Waals surface area contributed by atoms with Gasteiger partial charge in [-0.2, -0.15) is 0 Å². The molecule has 0 heterocycles. The largest absolute Gasteiger partial charge is 0.444 e. The average molecular weight is 437 g/mol. The van der Waals surface area contributed by atoms with E-state index in [1.807, 2.05) is 6.92 Å². The van der Waals surface area contributed by atoms with Crippen molar-refractivity contribution in [2.45, 2.75) is 20.0 Å². The van der Waals surface area contributed by atoms with Crippen molar-refractivity contribution in [2.75, 3.05) is 10.6 Å². The Bertz CT molecular complexity index is 1100. The Kier molecular flexibility index (Phi) is 7.05. The Morgan fingerprint density at radius 2 is 1.52 bits per heavy atom. The second kappa shape index (κ2) is 9.91. The number of esters is 1. The van der Waals surface area contributed by atoms with Crippen LogP contribution in [0.25, 0.3) is 0 Å². The number of ether oxygens (including phenoxy) is 1. The maximum atomic E-state index is 13.0. The van der Waals surface area contributed by atoms with Crippen LogP contribution in [0.4, 0.5) is 11.4 Å². The van der Waals surface area contributed by atoms with Crippen molar-refractivity contribution in [1.29, 1.82) is 0 Å². The Hall–Kier alpha value is -3.64. The van der Waals surface area contributed by atoms with Crippen LogP contribution in [0.15, 0.2) is 72.8 Å². The van der Waals surface area contributed by atoms with E-state index in [0.717, 1.165) is 5.56 Å². The van der Waals surface area contributed by atoms with Crippen molar-refractivity contribution in [1.82, 2.24) is 0 Å². The van der Waals surface area contributed by atoms with E-state index >= 15 is 0 Å². The van der Waals surface area contributed by atoms with Gasteiger partial charge in [0.15, 0.2) is 0 Å². The third-order valence-electron chi connectivity index (χ3n) is 4.45. The van der Waals surface area contributed by atoms with Crippen LogP contribution in [0.2, 0.25) is 5.02 Å². The second-order valence-corrected chi connectivity index (χ2v) is 7.31. The Labute approximate surface area is 185 Å². The lowest BCUT2D eigenvalue weighted by molar-refractivity contribution is -0.125. The third-order valence-corrected chi connectivity index (χ3v) is 4.85. The number of hydrogen-bond acceptors (Lipinski definition) is 4. The van der Waals surface area contributed by atoms with Crippen molar-refractivity contribution in [3.05, 3.63) is 94.5 Å². The number of carbonyl (C=O) groups is 3. The van der Waals surface area contributed by atoms with E-state index in [0.29, 0.717) is 22.0 Å². The lowest BCUT2D eigenvalue weighted by Gasteiger charge is -2.18. The van der Waals surface area contributed by atoms with Gasteiger partial charge in [0.1, 0.15) is 0 Å². The molecule has 1 unspecified atom stereocenters. The molecule has 2 amide bonds. The molecule has 3 rings (SSSR count). The van der Waals surface area contributed by atoms with Crippen LogP contribution in [0, 0.1) is 6.92 Å². The van der Waals surface area contributed by atoms with E-state index in [4.69, 9.17) is 16.3 Å². The van der Waals surface area contributed by atoms with Crippen LogP contribution in [0.5, 0.6) is 0 Å². The number of amides is 2. The molecule has 0 radical (unpaired) electrons. The van der Waals surface area contributed by atoms with Gasteiger partial charge in [-0.05, 0) is 48.9 Å². The molecule has 0 aromatic heterocycles. The van der Waals surface area contributed by atoms with E-state index < -0.39 is 18.0 Å². The number of benzene rings is 3. The monoisotopic (exact) mass is 436 g/mol. The molecular formula is C24H21ClN2O4. The van der Waals surface area contributed by atoms with Gasteiger partial charge in [0.25, 0.3) is 5.91 Å². The standard InChI is InChI=1S/C24H21ClN2O4/c1-15-8-11-20(14-21(15)25)27-23(29)22(17-6-4-3-5-7-17)31-24(30)18-9-12-19(13-10-18)26-16(2)28/h3-14,22H,1-2H3,(H,26,28)(H,27,29). The van der Waals surface area contributed by atoms with Crippen molar-refractivity contribution in [3.8, 4) is 0 Å². The molecule has 0 aliphatic carbocycles. The fraction of sp³-hybridized carbons (Fsp3) is 0.125. The minimum atomic E-state index is -1.16. The van der Waals surface area contributed by atoms with Gasteiger partial charge in [-0.15, -0.1) is 0 Å². The summed E-state index contributed by atoms with van der Waals surface area (Å²) in [5, 5.41) is 5.89. The van der Waals surface area contributed by atoms with Gasteiger partial charge >= 0.3 is 5.97 Å². The molecule has 2 N–H and O–H groups in total. The molecule has 0 bridgehead atoms. The molecule has 0 aliphatic heterocycles. The zero-order valence-corrected chi connectivity index (χ0v) is 17.8. The van der Waals surface area contributed by atoms with Crippen LogP contribution < -0.4 is 10.6 Å². The molecule has 7 heteroatoms. The minimum Gasteiger partial charge on any atom is -0.444 e. The average Bonchev–Trinajstić information content (AvgIpc) is 2.75. The summed E-state index contributed by atoms with van der Waals surface area (Å²) in [6, 6.07) is 20.1. The van der Waals surface area contributed by atoms with Crippen LogP contribution in [0.1, 0.15) is 34.5 Å². The molecule has 0 spiro atoms. The van der Waals surface area contributed by atoms with Gasteiger partial charge in [0.2, 0.25) is 12.0 Å². The van der Waals surface area contributed by atoms with Crippen molar-refractivity contribution in [2.24, 2.45) is 0 Å². The molecule has 3 aromatic rings. The highest BCUT2D eigenvalue weighted by Gasteiger charge is 2.26. The van der Waals surface area contributed by atoms with E-state index in [9.17, 15) is 14.4 Å². The van der Waals surface area contributed by atoms with Crippen molar-refractivity contribution >= 4 is 40.8 Å². The molecule has 0 fully saturated rings. The zero-order valence-electron chi connectivity index (χ0n) is 17.0. The van der Waals surface area contributed by atoms with Gasteiger partial charge < -0.3 is 15.4 Å². The van der Waals surface area contributed by atoms with E-state index in [1.165, 1.54) is 19.1 Å². The Morgan fingerprint density at radius 1 is 0.871 bits per heavy atom. The lowest BCUT2D eigenvalue weighted by atomic mass is 10.1. The van der Waals surface area contributed by atoms with Gasteiger partial charge in [0, 0.05) is 28.9 Å². The molecule has 158 valence electrons. The number of carbonyl (C=O) groups excluding carboxylic acids is 3. The summed E-state index contributed by atoms with van der Waals surface area (Å²) in [6.45, 7) is 3.26. The van der Waals surface area contributed by atoms with Gasteiger partial charge in [-0.25, -0.2) is 4.79 Å². The molecule has 31 heavy (non-hydrogen) atoms. The number of nitrogens with one attached hydrogen (secondary N) is 2. The summed E-state index contributed by atoms with van der Waals surface area (Å²) >= 11 is 6.14. The van der Waals surface area contributed by atoms with Crippen molar-refractivity contribution in [3.63, 3.8) is 0 Å². The molecular weight excluding hydrogens is 416 g/mol. The SMILES string of the molecule is CC(=O)Nc1ccc(C(=O)OC(C(=O)Nc2ccc(C)c(Cl)c2)c2ccccc2)cc1. The molecule has 0 aliphatic rings. The van der Waals surface area contributed by atoms with E-state index in [1.54, 1.807) is 60.7 Å². The van der Waals surface area contributed by atoms with Crippen LogP contribution in [0.3, 0.4) is 0 Å². The topological polar surface area (TPSA) is 84.5 Å². The highest BCUT2D eigenvalue weighted by molar-refractivity contribution is 6.31. The van der Waals surface area contributed by atoms with Crippen molar-refractivity contribution < 1.29 is 19.1 Å². The fourth-order valence-corrected chi connectivity index (χ4v) is 3.03. The highest BCUT2D eigenvalue weighted by Crippen LogP contribution is 2.24. The summed E-state index contributed by atoms with van der Waals surface area (Å²) in [5.41, 5.74) is 2.71. The molecule has 0 saturated carbocycles. The predicted molar refractivity (Wildman–Crippen MR) is 120 cm³/mol. The first-order valence-corrected chi connectivity index (χ1v) is 9.92. The maximum absolute atomic E-state index is 13.0. The Morgan fingerprint density at radius 3 is 2.13 bits per heavy atom. The summed E-state index contributed by atoms with van der Waals surface area (Å²) in [6.07, 6.45) is -1.16. The number of hydrogen-bond donors (Lipinski definition) is 2. The summed E-state index contributed by atoms with van der Waals surface area (Å²) < 4.78 is 5.56. The van der Waals surface area contributed by atoms with Gasteiger partial charge in [-0.1, -0.05) is 48.0 Å². The highest BCUT2D eigenvalue weighted by atomic mass is 35.5. The number of rotatable bonds is 6. The van der Waals surface area contributed by atoms with Crippen LogP contribution in [-0.4, -0.2) is 17.8 Å².